The molecule has 0 aromatic carbocycles. The fourth-order valence-electron chi connectivity index (χ4n) is 1.11. The van der Waals surface area contributed by atoms with Crippen LogP contribution in [0.3, 0.4) is 0 Å². The molecular formula is C7H12N2O. The lowest BCUT2D eigenvalue weighted by molar-refractivity contribution is -0.124. The molecular weight excluding hydrogens is 128 g/mol. The third-order valence-corrected chi connectivity index (χ3v) is 1.79. The van der Waals surface area contributed by atoms with Crippen molar-refractivity contribution in [3.8, 4) is 0 Å². The number of amides is 1. The second-order valence-electron chi connectivity index (χ2n) is 2.42. The molecule has 1 aliphatic heterocycles. The van der Waals surface area contributed by atoms with Gasteiger partial charge in [-0.2, -0.15) is 0 Å². The van der Waals surface area contributed by atoms with E-state index in [1.54, 1.807) is 11.9 Å². The van der Waals surface area contributed by atoms with Crippen molar-refractivity contribution >= 4 is 11.7 Å². The van der Waals surface area contributed by atoms with Crippen LogP contribution in [0.1, 0.15) is 19.8 Å². The summed E-state index contributed by atoms with van der Waals surface area (Å²) in [7, 11) is 1.71. The van der Waals surface area contributed by atoms with Gasteiger partial charge in [0.25, 0.3) is 0 Å². The molecule has 0 N–H and O–H groups in total. The number of hydrogen-bond acceptors (Lipinski definition) is 2. The molecule has 1 amide bonds. The molecule has 3 nitrogen and oxygen atoms in total. The van der Waals surface area contributed by atoms with Crippen LogP contribution in [0.2, 0.25) is 0 Å². The summed E-state index contributed by atoms with van der Waals surface area (Å²) in [5, 5.41) is 0. The van der Waals surface area contributed by atoms with E-state index in [4.69, 9.17) is 0 Å². The van der Waals surface area contributed by atoms with E-state index in [9.17, 15) is 4.79 Å². The molecule has 1 rings (SSSR count). The van der Waals surface area contributed by atoms with Crippen molar-refractivity contribution in [3.05, 3.63) is 0 Å². The van der Waals surface area contributed by atoms with Gasteiger partial charge in [-0.15, -0.1) is 0 Å². The van der Waals surface area contributed by atoms with E-state index in [0.717, 1.165) is 18.8 Å². The average Bonchev–Trinajstić information content (AvgIpc) is 2.34. The largest absolute Gasteiger partial charge is 0.301 e. The zero-order valence-corrected chi connectivity index (χ0v) is 6.42. The SMILES string of the molecule is CN=C(C)N1CCCC1=O. The lowest BCUT2D eigenvalue weighted by Crippen LogP contribution is -2.29. The summed E-state index contributed by atoms with van der Waals surface area (Å²) in [6, 6.07) is 0. The molecule has 0 saturated carbocycles. The Bertz CT molecular complexity index is 174. The van der Waals surface area contributed by atoms with Crippen molar-refractivity contribution in [2.75, 3.05) is 13.6 Å². The van der Waals surface area contributed by atoms with Gasteiger partial charge in [0.1, 0.15) is 5.84 Å². The molecule has 1 fully saturated rings. The Hall–Kier alpha value is -0.860. The van der Waals surface area contributed by atoms with Crippen LogP contribution in [0.4, 0.5) is 0 Å². The van der Waals surface area contributed by atoms with E-state index < -0.39 is 0 Å². The summed E-state index contributed by atoms with van der Waals surface area (Å²) in [6.07, 6.45) is 1.67. The molecule has 0 atom stereocenters. The number of rotatable bonds is 0. The van der Waals surface area contributed by atoms with Gasteiger partial charge in [-0.25, -0.2) is 0 Å². The number of hydrogen-bond donors (Lipinski definition) is 0. The smallest absolute Gasteiger partial charge is 0.227 e. The third-order valence-electron chi connectivity index (χ3n) is 1.79. The molecule has 0 unspecified atom stereocenters. The normalized spacial score (nSPS) is 20.4. The first-order valence-electron chi connectivity index (χ1n) is 3.49. The van der Waals surface area contributed by atoms with Crippen molar-refractivity contribution in [1.29, 1.82) is 0 Å². The highest BCUT2D eigenvalue weighted by Gasteiger charge is 2.21. The maximum Gasteiger partial charge on any atom is 0.227 e. The van der Waals surface area contributed by atoms with E-state index >= 15 is 0 Å². The fraction of sp³-hybridized carbons (Fsp3) is 0.714. The van der Waals surface area contributed by atoms with Crippen LogP contribution in [0.15, 0.2) is 4.99 Å². The van der Waals surface area contributed by atoms with Gasteiger partial charge in [-0.3, -0.25) is 9.79 Å². The number of likely N-dealkylation sites (tertiary alicyclic amines) is 1. The molecule has 1 aliphatic rings. The van der Waals surface area contributed by atoms with Crippen LogP contribution >= 0.6 is 0 Å². The van der Waals surface area contributed by atoms with Gasteiger partial charge in [0, 0.05) is 20.0 Å². The highest BCUT2D eigenvalue weighted by molar-refractivity contribution is 5.98. The van der Waals surface area contributed by atoms with E-state index in [-0.39, 0.29) is 5.91 Å². The maximum absolute atomic E-state index is 11.0. The van der Waals surface area contributed by atoms with Crippen LogP contribution in [-0.2, 0) is 4.79 Å². The van der Waals surface area contributed by atoms with E-state index in [0.29, 0.717) is 6.42 Å². The molecule has 0 spiro atoms. The van der Waals surface area contributed by atoms with Crippen LogP contribution < -0.4 is 0 Å². The standard InChI is InChI=1S/C7H12N2O/c1-6(8-2)9-5-3-4-7(9)10/h3-5H2,1-2H3. The topological polar surface area (TPSA) is 32.7 Å². The molecule has 0 radical (unpaired) electrons. The monoisotopic (exact) mass is 140 g/mol. The van der Waals surface area contributed by atoms with Crippen molar-refractivity contribution in [2.45, 2.75) is 19.8 Å². The second-order valence-corrected chi connectivity index (χ2v) is 2.42. The highest BCUT2D eigenvalue weighted by Crippen LogP contribution is 2.09. The van der Waals surface area contributed by atoms with Gasteiger partial charge in [0.2, 0.25) is 5.91 Å². The summed E-state index contributed by atoms with van der Waals surface area (Å²) in [6.45, 7) is 2.71. The van der Waals surface area contributed by atoms with Crippen molar-refractivity contribution in [2.24, 2.45) is 4.99 Å². The van der Waals surface area contributed by atoms with Gasteiger partial charge in [0.05, 0.1) is 0 Å². The first-order chi connectivity index (χ1) is 4.75. The minimum absolute atomic E-state index is 0.211. The predicted octanol–water partition coefficient (Wildman–Crippen LogP) is 0.657. The fourth-order valence-corrected chi connectivity index (χ4v) is 1.11. The maximum atomic E-state index is 11.0. The lowest BCUT2D eigenvalue weighted by Gasteiger charge is -2.13. The number of aliphatic imine (C=N–C) groups is 1. The Morgan fingerprint density at radius 2 is 2.40 bits per heavy atom. The second kappa shape index (κ2) is 2.82. The Morgan fingerprint density at radius 1 is 1.70 bits per heavy atom. The first kappa shape index (κ1) is 7.25. The number of amidine groups is 1. The predicted molar refractivity (Wildman–Crippen MR) is 40.0 cm³/mol. The summed E-state index contributed by atoms with van der Waals surface area (Å²) < 4.78 is 0. The zero-order chi connectivity index (χ0) is 7.56. The molecule has 0 aromatic rings. The van der Waals surface area contributed by atoms with Gasteiger partial charge in [0.15, 0.2) is 0 Å². The molecule has 0 bridgehead atoms. The highest BCUT2D eigenvalue weighted by atomic mass is 16.2. The van der Waals surface area contributed by atoms with Crippen LogP contribution in [0.25, 0.3) is 0 Å². The van der Waals surface area contributed by atoms with Crippen LogP contribution in [-0.4, -0.2) is 30.2 Å². The van der Waals surface area contributed by atoms with E-state index in [2.05, 4.69) is 4.99 Å². The molecule has 1 heterocycles. The van der Waals surface area contributed by atoms with Crippen molar-refractivity contribution in [1.82, 2.24) is 4.90 Å². The summed E-state index contributed by atoms with van der Waals surface area (Å²) in [5.74, 6) is 1.05. The van der Waals surface area contributed by atoms with Gasteiger partial charge < -0.3 is 4.90 Å². The lowest BCUT2D eigenvalue weighted by atomic mass is 10.4. The minimum atomic E-state index is 0.211. The molecule has 0 aromatic heterocycles. The molecule has 3 heteroatoms. The van der Waals surface area contributed by atoms with Crippen molar-refractivity contribution < 1.29 is 4.79 Å². The Balaban J connectivity index is 2.64. The minimum Gasteiger partial charge on any atom is -0.301 e. The van der Waals surface area contributed by atoms with Gasteiger partial charge in [-0.05, 0) is 13.3 Å². The van der Waals surface area contributed by atoms with E-state index in [1.807, 2.05) is 6.92 Å². The Labute approximate surface area is 60.7 Å². The summed E-state index contributed by atoms with van der Waals surface area (Å²) >= 11 is 0. The molecule has 0 aliphatic carbocycles. The first-order valence-corrected chi connectivity index (χ1v) is 3.49. The zero-order valence-electron chi connectivity index (χ0n) is 6.42. The summed E-state index contributed by atoms with van der Waals surface area (Å²) in [5.41, 5.74) is 0. The number of nitrogens with zero attached hydrogens (tertiary/aromatic N) is 2. The molecule has 1 saturated heterocycles. The van der Waals surface area contributed by atoms with E-state index in [1.165, 1.54) is 0 Å². The molecule has 10 heavy (non-hydrogen) atoms. The van der Waals surface area contributed by atoms with Gasteiger partial charge in [-0.1, -0.05) is 0 Å². The third kappa shape index (κ3) is 1.17. The summed E-state index contributed by atoms with van der Waals surface area (Å²) in [4.78, 5) is 16.7. The van der Waals surface area contributed by atoms with Crippen molar-refractivity contribution in [3.63, 3.8) is 0 Å². The van der Waals surface area contributed by atoms with Gasteiger partial charge >= 0.3 is 0 Å². The molecule has 56 valence electrons. The Kier molecular flexibility index (Phi) is 2.04. The number of carbonyl (C=O) groups is 1. The average molecular weight is 140 g/mol. The quantitative estimate of drug-likeness (QED) is 0.359. The Morgan fingerprint density at radius 3 is 2.80 bits per heavy atom. The number of carbonyl (C=O) groups excluding carboxylic acids is 1. The van der Waals surface area contributed by atoms with Crippen LogP contribution in [0.5, 0.6) is 0 Å². The van der Waals surface area contributed by atoms with Crippen LogP contribution in [0, 0.1) is 0 Å².